The highest BCUT2D eigenvalue weighted by atomic mass is 19.1. The molecule has 150 valence electrons. The predicted molar refractivity (Wildman–Crippen MR) is 113 cm³/mol. The van der Waals surface area contributed by atoms with Crippen molar-refractivity contribution in [3.05, 3.63) is 58.5 Å². The lowest BCUT2D eigenvalue weighted by atomic mass is 9.85. The van der Waals surface area contributed by atoms with Crippen LogP contribution >= 0.6 is 0 Å². The number of piperidine rings is 1. The highest BCUT2D eigenvalue weighted by Gasteiger charge is 2.27. The minimum absolute atomic E-state index is 0.285. The van der Waals surface area contributed by atoms with Gasteiger partial charge in [-0.2, -0.15) is 0 Å². The van der Waals surface area contributed by atoms with E-state index in [1.807, 2.05) is 0 Å². The van der Waals surface area contributed by atoms with Crippen LogP contribution < -0.4 is 4.74 Å². The molecule has 4 nitrogen and oxygen atoms in total. The van der Waals surface area contributed by atoms with E-state index in [4.69, 9.17) is 9.26 Å². The summed E-state index contributed by atoms with van der Waals surface area (Å²) in [7, 11) is 1.75. The second kappa shape index (κ2) is 7.30. The third-order valence-corrected chi connectivity index (χ3v) is 6.34. The maximum Gasteiger partial charge on any atom is 0.170 e. The molecule has 0 N–H and O–H groups in total. The Balaban J connectivity index is 1.24. The number of ether oxygens (including phenoxy) is 1. The van der Waals surface area contributed by atoms with Crippen LogP contribution in [0.25, 0.3) is 22.6 Å². The van der Waals surface area contributed by atoms with Crippen molar-refractivity contribution in [1.29, 1.82) is 0 Å². The number of benzene rings is 2. The second-order valence-electron chi connectivity index (χ2n) is 8.03. The molecule has 3 aromatic rings. The fourth-order valence-corrected chi connectivity index (χ4v) is 4.66. The molecular formula is C24H25FN2O2. The number of fused-ring (bicyclic) bond motifs is 2. The summed E-state index contributed by atoms with van der Waals surface area (Å²) < 4.78 is 24.3. The van der Waals surface area contributed by atoms with Crippen molar-refractivity contribution in [2.45, 2.75) is 32.1 Å². The Hall–Kier alpha value is -2.66. The van der Waals surface area contributed by atoms with E-state index in [2.05, 4.69) is 35.2 Å². The van der Waals surface area contributed by atoms with Crippen LogP contribution in [-0.4, -0.2) is 36.8 Å². The number of rotatable bonds is 5. The molecule has 0 spiro atoms. The SMILES string of the molecule is CCc1cc2c(cc1OC)C(CN1CCC(c3noc4cc(F)ccc34)CC1)=C2. The summed E-state index contributed by atoms with van der Waals surface area (Å²) in [5, 5.41) is 5.20. The molecule has 29 heavy (non-hydrogen) atoms. The molecule has 1 aromatic heterocycles. The minimum Gasteiger partial charge on any atom is -0.496 e. The van der Waals surface area contributed by atoms with Gasteiger partial charge in [0.2, 0.25) is 0 Å². The quantitative estimate of drug-likeness (QED) is 0.593. The largest absolute Gasteiger partial charge is 0.496 e. The van der Waals surface area contributed by atoms with Crippen molar-refractivity contribution < 1.29 is 13.7 Å². The van der Waals surface area contributed by atoms with E-state index in [-0.39, 0.29) is 5.82 Å². The normalized spacial score (nSPS) is 17.1. The van der Waals surface area contributed by atoms with Gasteiger partial charge in [-0.15, -0.1) is 0 Å². The topological polar surface area (TPSA) is 38.5 Å². The van der Waals surface area contributed by atoms with Gasteiger partial charge in [0.15, 0.2) is 5.58 Å². The van der Waals surface area contributed by atoms with Crippen LogP contribution in [-0.2, 0) is 6.42 Å². The number of halogens is 1. The Morgan fingerprint density at radius 2 is 2.03 bits per heavy atom. The van der Waals surface area contributed by atoms with Crippen LogP contribution in [0.3, 0.4) is 0 Å². The molecule has 0 saturated carbocycles. The Morgan fingerprint density at radius 3 is 2.79 bits per heavy atom. The number of hydrogen-bond donors (Lipinski definition) is 0. The van der Waals surface area contributed by atoms with Crippen LogP contribution in [0.15, 0.2) is 34.9 Å². The van der Waals surface area contributed by atoms with Crippen LogP contribution in [0.1, 0.15) is 48.1 Å². The summed E-state index contributed by atoms with van der Waals surface area (Å²) in [5.41, 5.74) is 6.83. The number of aromatic nitrogens is 1. The van der Waals surface area contributed by atoms with Crippen LogP contribution in [0.4, 0.5) is 4.39 Å². The lowest BCUT2D eigenvalue weighted by molar-refractivity contribution is 0.231. The van der Waals surface area contributed by atoms with Gasteiger partial charge >= 0.3 is 0 Å². The molecule has 0 radical (unpaired) electrons. The van der Waals surface area contributed by atoms with Gasteiger partial charge in [-0.25, -0.2) is 4.39 Å². The molecule has 0 atom stereocenters. The zero-order valence-corrected chi connectivity index (χ0v) is 16.9. The molecule has 5 heteroatoms. The maximum atomic E-state index is 13.4. The fourth-order valence-electron chi connectivity index (χ4n) is 4.66. The average Bonchev–Trinajstić information content (AvgIpc) is 3.15. The van der Waals surface area contributed by atoms with E-state index in [0.717, 1.165) is 55.7 Å². The maximum absolute atomic E-state index is 13.4. The zero-order chi connectivity index (χ0) is 20.0. The van der Waals surface area contributed by atoms with E-state index in [0.29, 0.717) is 11.5 Å². The number of hydrogen-bond acceptors (Lipinski definition) is 4. The lowest BCUT2D eigenvalue weighted by Gasteiger charge is -2.34. The van der Waals surface area contributed by atoms with E-state index < -0.39 is 0 Å². The lowest BCUT2D eigenvalue weighted by Crippen LogP contribution is -2.35. The minimum atomic E-state index is -0.285. The standard InChI is InChI=1S/C24H25FN2O2/c1-3-15-10-17-11-18(21(17)13-22(15)28-2)14-27-8-6-16(7-9-27)24-20-5-4-19(25)12-23(20)29-26-24/h4-5,10-13,16H,3,6-9,14H2,1-2H3. The van der Waals surface area contributed by atoms with Gasteiger partial charge in [-0.3, -0.25) is 4.90 Å². The molecule has 2 aliphatic rings. The monoisotopic (exact) mass is 392 g/mol. The molecule has 1 aliphatic carbocycles. The van der Waals surface area contributed by atoms with Gasteiger partial charge in [0.05, 0.1) is 12.8 Å². The molecule has 1 fully saturated rings. The van der Waals surface area contributed by atoms with E-state index in [1.165, 1.54) is 34.4 Å². The van der Waals surface area contributed by atoms with Gasteiger partial charge in [-0.1, -0.05) is 12.1 Å². The van der Waals surface area contributed by atoms with Gasteiger partial charge < -0.3 is 9.26 Å². The van der Waals surface area contributed by atoms with E-state index >= 15 is 0 Å². The molecule has 0 bridgehead atoms. The van der Waals surface area contributed by atoms with Crippen molar-refractivity contribution in [1.82, 2.24) is 10.1 Å². The van der Waals surface area contributed by atoms with Gasteiger partial charge in [0.1, 0.15) is 11.6 Å². The molecule has 2 aromatic carbocycles. The Morgan fingerprint density at radius 1 is 1.21 bits per heavy atom. The van der Waals surface area contributed by atoms with Gasteiger partial charge in [-0.05, 0) is 85.0 Å². The molecular weight excluding hydrogens is 367 g/mol. The zero-order valence-electron chi connectivity index (χ0n) is 16.9. The first-order valence-electron chi connectivity index (χ1n) is 10.3. The predicted octanol–water partition coefficient (Wildman–Crippen LogP) is 5.27. The third-order valence-electron chi connectivity index (χ3n) is 6.34. The molecule has 2 heterocycles. The van der Waals surface area contributed by atoms with Crippen molar-refractivity contribution in [3.63, 3.8) is 0 Å². The molecule has 5 rings (SSSR count). The summed E-state index contributed by atoms with van der Waals surface area (Å²) in [6.07, 6.45) is 5.37. The molecule has 0 amide bonds. The van der Waals surface area contributed by atoms with Crippen LogP contribution in [0, 0.1) is 5.82 Å². The number of nitrogens with zero attached hydrogens (tertiary/aromatic N) is 2. The van der Waals surface area contributed by atoms with E-state index in [9.17, 15) is 4.39 Å². The first-order chi connectivity index (χ1) is 14.2. The summed E-state index contributed by atoms with van der Waals surface area (Å²) >= 11 is 0. The van der Waals surface area contributed by atoms with Gasteiger partial charge in [0, 0.05) is 23.9 Å². The number of likely N-dealkylation sites (tertiary alicyclic amines) is 1. The van der Waals surface area contributed by atoms with Crippen molar-refractivity contribution in [3.8, 4) is 5.75 Å². The second-order valence-corrected chi connectivity index (χ2v) is 8.03. The number of aryl methyl sites for hydroxylation is 1. The average molecular weight is 392 g/mol. The Labute approximate surface area is 169 Å². The number of methoxy groups -OCH3 is 1. The van der Waals surface area contributed by atoms with Crippen molar-refractivity contribution in [2.75, 3.05) is 26.7 Å². The summed E-state index contributed by atoms with van der Waals surface area (Å²) in [6, 6.07) is 9.13. The molecule has 0 unspecified atom stereocenters. The van der Waals surface area contributed by atoms with Crippen molar-refractivity contribution in [2.24, 2.45) is 0 Å². The fraction of sp³-hybridized carbons (Fsp3) is 0.375. The summed E-state index contributed by atoms with van der Waals surface area (Å²) in [6.45, 7) is 5.18. The van der Waals surface area contributed by atoms with Gasteiger partial charge in [0.25, 0.3) is 0 Å². The highest BCUT2D eigenvalue weighted by molar-refractivity contribution is 5.97. The summed E-state index contributed by atoms with van der Waals surface area (Å²) in [5.74, 6) is 1.07. The summed E-state index contributed by atoms with van der Waals surface area (Å²) in [4.78, 5) is 2.51. The first kappa shape index (κ1) is 18.4. The Kier molecular flexibility index (Phi) is 4.63. The van der Waals surface area contributed by atoms with Crippen molar-refractivity contribution >= 4 is 22.6 Å². The molecule has 1 saturated heterocycles. The third kappa shape index (κ3) is 3.23. The highest BCUT2D eigenvalue weighted by Crippen LogP contribution is 2.39. The van der Waals surface area contributed by atoms with Crippen LogP contribution in [0.2, 0.25) is 0 Å². The molecule has 1 aliphatic heterocycles. The smallest absolute Gasteiger partial charge is 0.170 e. The Bertz CT molecular complexity index is 1090. The van der Waals surface area contributed by atoms with E-state index in [1.54, 1.807) is 13.2 Å². The van der Waals surface area contributed by atoms with Crippen LogP contribution in [0.5, 0.6) is 5.75 Å². The first-order valence-corrected chi connectivity index (χ1v) is 10.3.